The van der Waals surface area contributed by atoms with E-state index in [0.29, 0.717) is 6.04 Å². The Bertz CT molecular complexity index is 437. The molecule has 1 aliphatic heterocycles. The molecule has 1 N–H and O–H groups in total. The van der Waals surface area contributed by atoms with Crippen LogP contribution in [0.15, 0.2) is 24.3 Å². The average molecular weight is 261 g/mol. The van der Waals surface area contributed by atoms with Gasteiger partial charge in [-0.2, -0.15) is 0 Å². The highest BCUT2D eigenvalue weighted by atomic mass is 16.2. The molecule has 0 atom stereocenters. The van der Waals surface area contributed by atoms with Crippen LogP contribution in [0.3, 0.4) is 0 Å². The quantitative estimate of drug-likeness (QED) is 0.902. The summed E-state index contributed by atoms with van der Waals surface area (Å²) in [6.45, 7) is 1.69. The summed E-state index contributed by atoms with van der Waals surface area (Å²) in [5, 5.41) is 3.09. The predicted octanol–water partition coefficient (Wildman–Crippen LogP) is 1.89. The number of anilines is 1. The Kier molecular flexibility index (Phi) is 4.43. The first-order valence-electron chi connectivity index (χ1n) is 6.86. The predicted molar refractivity (Wildman–Crippen MR) is 78.6 cm³/mol. The number of carbonyl (C=O) groups is 1. The van der Waals surface area contributed by atoms with Gasteiger partial charge in [0.2, 0.25) is 0 Å². The molecule has 0 spiro atoms. The van der Waals surface area contributed by atoms with E-state index in [4.69, 9.17) is 0 Å². The molecule has 1 aromatic rings. The highest BCUT2D eigenvalue weighted by molar-refractivity contribution is 5.99. The van der Waals surface area contributed by atoms with Crippen molar-refractivity contribution >= 4 is 11.6 Å². The van der Waals surface area contributed by atoms with E-state index in [1.807, 2.05) is 36.2 Å². The second-order valence-corrected chi connectivity index (χ2v) is 5.28. The fraction of sp³-hybridized carbons (Fsp3) is 0.533. The molecular formula is C15H23N3O. The van der Waals surface area contributed by atoms with Gasteiger partial charge in [-0.05, 0) is 39.1 Å². The molecule has 0 aliphatic carbocycles. The summed E-state index contributed by atoms with van der Waals surface area (Å²) in [5.41, 5.74) is 1.68. The van der Waals surface area contributed by atoms with Crippen LogP contribution in [-0.4, -0.2) is 56.0 Å². The topological polar surface area (TPSA) is 35.6 Å². The number of hydrogen-bond acceptors (Lipinski definition) is 3. The van der Waals surface area contributed by atoms with Crippen LogP contribution in [0.2, 0.25) is 0 Å². The lowest BCUT2D eigenvalue weighted by Gasteiger charge is -2.35. The van der Waals surface area contributed by atoms with Gasteiger partial charge in [-0.25, -0.2) is 0 Å². The first-order valence-corrected chi connectivity index (χ1v) is 6.86. The van der Waals surface area contributed by atoms with E-state index in [2.05, 4.69) is 24.3 Å². The molecule has 0 radical (unpaired) electrons. The number of rotatable bonds is 3. The van der Waals surface area contributed by atoms with E-state index in [1.165, 1.54) is 0 Å². The molecule has 0 bridgehead atoms. The molecule has 1 aliphatic rings. The van der Waals surface area contributed by atoms with Crippen molar-refractivity contribution in [3.63, 3.8) is 0 Å². The highest BCUT2D eigenvalue weighted by Gasteiger charge is 2.25. The van der Waals surface area contributed by atoms with Crippen molar-refractivity contribution in [1.29, 1.82) is 0 Å². The minimum atomic E-state index is 0.141. The standard InChI is InChI=1S/C15H23N3O/c1-16-14-7-5-4-6-13(14)15(19)18-10-8-12(9-11-18)17(2)3/h4-7,12,16H,8-11H2,1-3H3. The lowest BCUT2D eigenvalue weighted by Crippen LogP contribution is -2.44. The third kappa shape index (κ3) is 3.07. The van der Waals surface area contributed by atoms with Gasteiger partial charge < -0.3 is 15.1 Å². The summed E-state index contributed by atoms with van der Waals surface area (Å²) in [6, 6.07) is 8.30. The number of para-hydroxylation sites is 1. The van der Waals surface area contributed by atoms with Crippen molar-refractivity contribution in [2.24, 2.45) is 0 Å². The summed E-state index contributed by atoms with van der Waals surface area (Å²) in [4.78, 5) is 16.8. The van der Waals surface area contributed by atoms with Gasteiger partial charge >= 0.3 is 0 Å². The van der Waals surface area contributed by atoms with Gasteiger partial charge in [-0.15, -0.1) is 0 Å². The van der Waals surface area contributed by atoms with Crippen LogP contribution < -0.4 is 5.32 Å². The molecule has 19 heavy (non-hydrogen) atoms. The molecule has 0 aromatic heterocycles. The maximum atomic E-state index is 12.5. The van der Waals surface area contributed by atoms with Gasteiger partial charge in [0.25, 0.3) is 5.91 Å². The van der Waals surface area contributed by atoms with E-state index in [0.717, 1.165) is 37.2 Å². The third-order valence-electron chi connectivity index (χ3n) is 3.91. The molecule has 1 saturated heterocycles. The SMILES string of the molecule is CNc1ccccc1C(=O)N1CCC(N(C)C)CC1. The summed E-state index contributed by atoms with van der Waals surface area (Å²) < 4.78 is 0. The lowest BCUT2D eigenvalue weighted by molar-refractivity contribution is 0.0664. The van der Waals surface area contributed by atoms with E-state index in [-0.39, 0.29) is 5.91 Å². The molecule has 1 amide bonds. The fourth-order valence-electron chi connectivity index (χ4n) is 2.64. The first kappa shape index (κ1) is 13.9. The molecule has 1 heterocycles. The molecule has 2 rings (SSSR count). The Morgan fingerprint density at radius 2 is 1.89 bits per heavy atom. The molecule has 1 fully saturated rings. The van der Waals surface area contributed by atoms with Crippen molar-refractivity contribution in [3.05, 3.63) is 29.8 Å². The number of nitrogens with zero attached hydrogens (tertiary/aromatic N) is 2. The van der Waals surface area contributed by atoms with Crippen LogP contribution in [0.1, 0.15) is 23.2 Å². The van der Waals surface area contributed by atoms with Crippen LogP contribution >= 0.6 is 0 Å². The number of amides is 1. The van der Waals surface area contributed by atoms with Crippen molar-refractivity contribution in [1.82, 2.24) is 9.80 Å². The van der Waals surface area contributed by atoms with Crippen molar-refractivity contribution in [2.45, 2.75) is 18.9 Å². The molecular weight excluding hydrogens is 238 g/mol. The van der Waals surface area contributed by atoms with Crippen molar-refractivity contribution in [2.75, 3.05) is 39.5 Å². The Morgan fingerprint density at radius 3 is 2.47 bits per heavy atom. The molecule has 4 heteroatoms. The van der Waals surface area contributed by atoms with Crippen LogP contribution in [-0.2, 0) is 0 Å². The Hall–Kier alpha value is -1.55. The first-order chi connectivity index (χ1) is 9.13. The minimum absolute atomic E-state index is 0.141. The Balaban J connectivity index is 2.05. The maximum absolute atomic E-state index is 12.5. The lowest BCUT2D eigenvalue weighted by atomic mass is 10.0. The number of benzene rings is 1. The van der Waals surface area contributed by atoms with Gasteiger partial charge in [0.15, 0.2) is 0 Å². The van der Waals surface area contributed by atoms with Crippen LogP contribution in [0.4, 0.5) is 5.69 Å². The molecule has 104 valence electrons. The molecule has 4 nitrogen and oxygen atoms in total. The van der Waals surface area contributed by atoms with Crippen molar-refractivity contribution in [3.8, 4) is 0 Å². The number of piperidine rings is 1. The average Bonchev–Trinajstić information content (AvgIpc) is 2.46. The number of carbonyl (C=O) groups excluding carboxylic acids is 1. The van der Waals surface area contributed by atoms with E-state index in [9.17, 15) is 4.79 Å². The third-order valence-corrected chi connectivity index (χ3v) is 3.91. The second-order valence-electron chi connectivity index (χ2n) is 5.28. The van der Waals surface area contributed by atoms with Crippen LogP contribution in [0.5, 0.6) is 0 Å². The summed E-state index contributed by atoms with van der Waals surface area (Å²) in [6.07, 6.45) is 2.11. The Morgan fingerprint density at radius 1 is 1.26 bits per heavy atom. The van der Waals surface area contributed by atoms with Crippen LogP contribution in [0.25, 0.3) is 0 Å². The van der Waals surface area contributed by atoms with Gasteiger partial charge in [-0.1, -0.05) is 12.1 Å². The van der Waals surface area contributed by atoms with Crippen LogP contribution in [0, 0.1) is 0 Å². The van der Waals surface area contributed by atoms with Gasteiger partial charge in [0.05, 0.1) is 5.56 Å². The molecule has 0 saturated carbocycles. The normalized spacial score (nSPS) is 16.7. The summed E-state index contributed by atoms with van der Waals surface area (Å²) >= 11 is 0. The van der Waals surface area contributed by atoms with E-state index in [1.54, 1.807) is 0 Å². The summed E-state index contributed by atoms with van der Waals surface area (Å²) in [5.74, 6) is 0.141. The fourth-order valence-corrected chi connectivity index (χ4v) is 2.64. The largest absolute Gasteiger partial charge is 0.387 e. The maximum Gasteiger partial charge on any atom is 0.255 e. The molecule has 1 aromatic carbocycles. The van der Waals surface area contributed by atoms with E-state index < -0.39 is 0 Å². The second kappa shape index (κ2) is 6.06. The summed E-state index contributed by atoms with van der Waals surface area (Å²) in [7, 11) is 6.07. The van der Waals surface area contributed by atoms with Gasteiger partial charge in [0, 0.05) is 31.9 Å². The van der Waals surface area contributed by atoms with Gasteiger partial charge in [0.1, 0.15) is 0 Å². The smallest absolute Gasteiger partial charge is 0.255 e. The zero-order chi connectivity index (χ0) is 13.8. The number of nitrogens with one attached hydrogen (secondary N) is 1. The number of likely N-dealkylation sites (tertiary alicyclic amines) is 1. The zero-order valence-corrected chi connectivity index (χ0v) is 12.0. The Labute approximate surface area is 115 Å². The minimum Gasteiger partial charge on any atom is -0.387 e. The van der Waals surface area contributed by atoms with E-state index >= 15 is 0 Å². The monoisotopic (exact) mass is 261 g/mol. The zero-order valence-electron chi connectivity index (χ0n) is 12.0. The van der Waals surface area contributed by atoms with Crippen molar-refractivity contribution < 1.29 is 4.79 Å². The number of hydrogen-bond donors (Lipinski definition) is 1. The molecule has 0 unspecified atom stereocenters. The highest BCUT2D eigenvalue weighted by Crippen LogP contribution is 2.20. The van der Waals surface area contributed by atoms with Gasteiger partial charge in [-0.3, -0.25) is 4.79 Å².